The Morgan fingerprint density at radius 2 is 1.97 bits per heavy atom. The van der Waals surface area contributed by atoms with E-state index in [0.717, 1.165) is 45.9 Å². The Balaban J connectivity index is 1.54. The Kier molecular flexibility index (Phi) is 7.43. The number of methoxy groups -OCH3 is 1. The average molecular weight is 524 g/mol. The first-order valence-corrected chi connectivity index (χ1v) is 12.9. The maximum atomic E-state index is 13.9. The van der Waals surface area contributed by atoms with Crippen molar-refractivity contribution in [2.24, 2.45) is 0 Å². The quantitative estimate of drug-likeness (QED) is 0.365. The number of aliphatic hydroxyl groups excluding tert-OH is 1. The molecule has 1 N–H and O–H groups in total. The van der Waals surface area contributed by atoms with Crippen molar-refractivity contribution in [3.05, 3.63) is 69.6 Å². The van der Waals surface area contributed by atoms with E-state index in [1.165, 1.54) is 7.11 Å². The monoisotopic (exact) mass is 523 g/mol. The van der Waals surface area contributed by atoms with Gasteiger partial charge in [0.05, 0.1) is 36.6 Å². The average Bonchev–Trinajstić information content (AvgIpc) is 3.20. The van der Waals surface area contributed by atoms with Gasteiger partial charge in [0.25, 0.3) is 0 Å². The molecular formula is C27H30ClN5O4. The molecular weight excluding hydrogens is 494 g/mol. The van der Waals surface area contributed by atoms with Crippen molar-refractivity contribution < 1.29 is 14.6 Å². The number of rotatable bonds is 7. The van der Waals surface area contributed by atoms with E-state index in [9.17, 15) is 14.7 Å². The lowest BCUT2D eigenvalue weighted by Crippen LogP contribution is -2.41. The van der Waals surface area contributed by atoms with Crippen LogP contribution in [0.25, 0.3) is 21.8 Å². The number of ether oxygens (including phenoxy) is 1. The molecule has 3 aromatic heterocycles. The Bertz CT molecular complexity index is 1490. The van der Waals surface area contributed by atoms with Gasteiger partial charge < -0.3 is 14.7 Å². The van der Waals surface area contributed by atoms with Crippen molar-refractivity contribution in [1.82, 2.24) is 24.0 Å². The number of carbonyl (C=O) groups is 1. The van der Waals surface area contributed by atoms with Crippen LogP contribution in [0.3, 0.4) is 0 Å². The molecule has 1 aliphatic heterocycles. The molecule has 0 radical (unpaired) electrons. The second-order valence-corrected chi connectivity index (χ2v) is 9.82. The van der Waals surface area contributed by atoms with Gasteiger partial charge >= 0.3 is 11.8 Å². The molecule has 0 unspecified atom stereocenters. The van der Waals surface area contributed by atoms with Crippen LogP contribution >= 0.6 is 11.6 Å². The second-order valence-electron chi connectivity index (χ2n) is 9.39. The van der Waals surface area contributed by atoms with E-state index in [1.807, 2.05) is 28.8 Å². The van der Waals surface area contributed by atoms with Crippen LogP contribution in [0.5, 0.6) is 0 Å². The topological polar surface area (TPSA) is 102 Å². The number of benzene rings is 1. The smallest absolute Gasteiger partial charge is 0.409 e. The van der Waals surface area contributed by atoms with Crippen LogP contribution in [-0.4, -0.2) is 62.0 Å². The van der Waals surface area contributed by atoms with E-state index in [-0.39, 0.29) is 24.4 Å². The molecule has 0 saturated carbocycles. The minimum Gasteiger partial charge on any atom is -0.453 e. The van der Waals surface area contributed by atoms with Crippen LogP contribution in [-0.2, 0) is 17.7 Å². The third kappa shape index (κ3) is 4.93. The highest BCUT2D eigenvalue weighted by molar-refractivity contribution is 6.31. The highest BCUT2D eigenvalue weighted by Gasteiger charge is 2.28. The molecule has 1 fully saturated rings. The number of fused-ring (bicyclic) bond motifs is 2. The molecule has 0 atom stereocenters. The number of carbonyl (C=O) groups excluding carboxylic acids is 1. The Morgan fingerprint density at radius 3 is 2.73 bits per heavy atom. The fraction of sp³-hybridized carbons (Fsp3) is 0.407. The predicted octanol–water partition coefficient (Wildman–Crippen LogP) is 4.17. The number of imidazole rings is 1. The number of piperidine rings is 1. The number of aromatic nitrogens is 4. The number of hydrogen-bond donors (Lipinski definition) is 1. The second kappa shape index (κ2) is 10.9. The van der Waals surface area contributed by atoms with Crippen LogP contribution in [0.2, 0.25) is 5.02 Å². The molecule has 1 aromatic carbocycles. The van der Waals surface area contributed by atoms with Crippen molar-refractivity contribution in [3.63, 3.8) is 0 Å². The van der Waals surface area contributed by atoms with Crippen molar-refractivity contribution in [1.29, 1.82) is 0 Å². The molecule has 9 nitrogen and oxygen atoms in total. The van der Waals surface area contributed by atoms with Crippen LogP contribution in [0, 0.1) is 0 Å². The summed E-state index contributed by atoms with van der Waals surface area (Å²) < 4.78 is 8.45. The third-order valence-electron chi connectivity index (χ3n) is 7.22. The number of aryl methyl sites for hydroxylation is 1. The van der Waals surface area contributed by atoms with Gasteiger partial charge in [-0.05, 0) is 61.3 Å². The Labute approximate surface area is 219 Å². The van der Waals surface area contributed by atoms with Crippen molar-refractivity contribution >= 4 is 39.5 Å². The molecule has 1 amide bonds. The minimum atomic E-state index is -0.338. The normalized spacial score (nSPS) is 14.5. The molecule has 4 aromatic rings. The first-order chi connectivity index (χ1) is 18.0. The first kappa shape index (κ1) is 25.2. The number of amides is 1. The van der Waals surface area contributed by atoms with Gasteiger partial charge in [0.1, 0.15) is 0 Å². The van der Waals surface area contributed by atoms with Crippen LogP contribution in [0.4, 0.5) is 4.79 Å². The first-order valence-electron chi connectivity index (χ1n) is 12.6. The zero-order valence-corrected chi connectivity index (χ0v) is 21.5. The van der Waals surface area contributed by atoms with Crippen LogP contribution < -0.4 is 5.69 Å². The summed E-state index contributed by atoms with van der Waals surface area (Å²) in [5.74, 6) is 0. The lowest BCUT2D eigenvalue weighted by molar-refractivity contribution is 0.107. The van der Waals surface area contributed by atoms with Crippen molar-refractivity contribution in [2.75, 3.05) is 26.8 Å². The van der Waals surface area contributed by atoms with Gasteiger partial charge in [-0.3, -0.25) is 19.1 Å². The van der Waals surface area contributed by atoms with Gasteiger partial charge in [0, 0.05) is 48.5 Å². The van der Waals surface area contributed by atoms with Crippen LogP contribution in [0.15, 0.2) is 47.7 Å². The minimum absolute atomic E-state index is 0.0321. The fourth-order valence-corrected chi connectivity index (χ4v) is 5.52. The lowest BCUT2D eigenvalue weighted by Gasteiger charge is -2.31. The van der Waals surface area contributed by atoms with Gasteiger partial charge in [0.15, 0.2) is 0 Å². The van der Waals surface area contributed by atoms with Gasteiger partial charge in [-0.15, -0.1) is 0 Å². The zero-order chi connectivity index (χ0) is 25.9. The molecule has 0 bridgehead atoms. The number of likely N-dealkylation sites (tertiary alicyclic amines) is 1. The maximum Gasteiger partial charge on any atom is 0.409 e. The summed E-state index contributed by atoms with van der Waals surface area (Å²) in [4.78, 5) is 36.5. The molecule has 1 aliphatic rings. The maximum absolute atomic E-state index is 13.9. The van der Waals surface area contributed by atoms with Crippen LogP contribution in [0.1, 0.15) is 43.0 Å². The molecule has 5 rings (SSSR count). The Morgan fingerprint density at radius 1 is 1.16 bits per heavy atom. The summed E-state index contributed by atoms with van der Waals surface area (Å²) in [7, 11) is 1.38. The molecule has 4 heterocycles. The molecule has 10 heteroatoms. The number of aliphatic hydroxyl groups is 1. The number of hydrogen-bond acceptors (Lipinski definition) is 6. The van der Waals surface area contributed by atoms with E-state index in [4.69, 9.17) is 21.3 Å². The van der Waals surface area contributed by atoms with E-state index >= 15 is 0 Å². The summed E-state index contributed by atoms with van der Waals surface area (Å²) in [6.45, 7) is 1.51. The standard InChI is InChI=1S/C27H30ClN5O4/c1-37-27(36)31-11-8-20(9-12-31)33-24-7-10-29-16-25(24)32(26(33)35)17-23-22(4-2-3-13-34)21-6-5-19(28)14-18(21)15-30-23/h5-7,10,14-16,20,34H,2-4,8-9,11-13,17H2,1H3. The van der Waals surface area contributed by atoms with E-state index in [0.29, 0.717) is 43.9 Å². The third-order valence-corrected chi connectivity index (χ3v) is 7.45. The van der Waals surface area contributed by atoms with Crippen molar-refractivity contribution in [2.45, 2.75) is 44.7 Å². The highest BCUT2D eigenvalue weighted by Crippen LogP contribution is 2.28. The van der Waals surface area contributed by atoms with Gasteiger partial charge in [-0.25, -0.2) is 9.59 Å². The molecule has 1 saturated heterocycles. The lowest BCUT2D eigenvalue weighted by atomic mass is 9.99. The van der Waals surface area contributed by atoms with E-state index < -0.39 is 0 Å². The fourth-order valence-electron chi connectivity index (χ4n) is 5.34. The summed E-state index contributed by atoms with van der Waals surface area (Å²) in [5.41, 5.74) is 3.34. The molecule has 37 heavy (non-hydrogen) atoms. The SMILES string of the molecule is COC(=O)N1CCC(n2c(=O)n(Cc3ncc4cc(Cl)ccc4c3CCCCO)c3cnccc32)CC1. The van der Waals surface area contributed by atoms with Gasteiger partial charge in [-0.2, -0.15) is 0 Å². The Hall–Kier alpha value is -3.43. The summed E-state index contributed by atoms with van der Waals surface area (Å²) in [5, 5.41) is 12.0. The largest absolute Gasteiger partial charge is 0.453 e. The summed E-state index contributed by atoms with van der Waals surface area (Å²) in [6, 6.07) is 7.60. The van der Waals surface area contributed by atoms with Gasteiger partial charge in [-0.1, -0.05) is 17.7 Å². The zero-order valence-electron chi connectivity index (χ0n) is 20.8. The number of halogens is 1. The summed E-state index contributed by atoms with van der Waals surface area (Å²) >= 11 is 6.22. The predicted molar refractivity (Wildman–Crippen MR) is 142 cm³/mol. The van der Waals surface area contributed by atoms with E-state index in [1.54, 1.807) is 28.1 Å². The number of unbranched alkanes of at least 4 members (excludes halogenated alkanes) is 1. The van der Waals surface area contributed by atoms with E-state index in [2.05, 4.69) is 4.98 Å². The highest BCUT2D eigenvalue weighted by atomic mass is 35.5. The molecule has 0 aliphatic carbocycles. The molecule has 0 spiro atoms. The van der Waals surface area contributed by atoms with Crippen molar-refractivity contribution in [3.8, 4) is 0 Å². The molecule has 194 valence electrons. The van der Waals surface area contributed by atoms with Gasteiger partial charge in [0.2, 0.25) is 0 Å². The number of nitrogens with zero attached hydrogens (tertiary/aromatic N) is 5. The number of pyridine rings is 2. The summed E-state index contributed by atoms with van der Waals surface area (Å²) in [6.07, 6.45) is 8.45.